The zero-order chi connectivity index (χ0) is 14.4. The second-order valence-corrected chi connectivity index (χ2v) is 5.43. The smallest absolute Gasteiger partial charge is 0.179 e. The fourth-order valence-electron chi connectivity index (χ4n) is 2.47. The lowest BCUT2D eigenvalue weighted by molar-refractivity contribution is 0.253. The molecule has 0 spiro atoms. The maximum absolute atomic E-state index is 9.15. The average Bonchev–Trinajstić information content (AvgIpc) is 2.97. The molecule has 0 unspecified atom stereocenters. The van der Waals surface area contributed by atoms with Gasteiger partial charge in [-0.05, 0) is 50.0 Å². The SMILES string of the molecule is COc1cc(CO)cc(Cl)c1OCCCN1CCCC1. The Morgan fingerprint density at radius 1 is 1.30 bits per heavy atom. The van der Waals surface area contributed by atoms with Crippen LogP contribution in [-0.2, 0) is 6.61 Å². The number of hydrogen-bond acceptors (Lipinski definition) is 4. The minimum Gasteiger partial charge on any atom is -0.493 e. The average molecular weight is 300 g/mol. The van der Waals surface area contributed by atoms with E-state index < -0.39 is 0 Å². The molecule has 0 amide bonds. The van der Waals surface area contributed by atoms with Crippen molar-refractivity contribution in [2.24, 2.45) is 0 Å². The maximum atomic E-state index is 9.15. The van der Waals surface area contributed by atoms with Crippen molar-refractivity contribution in [1.29, 1.82) is 0 Å². The molecule has 20 heavy (non-hydrogen) atoms. The van der Waals surface area contributed by atoms with Gasteiger partial charge in [0.05, 0.1) is 25.3 Å². The van der Waals surface area contributed by atoms with Crippen molar-refractivity contribution < 1.29 is 14.6 Å². The van der Waals surface area contributed by atoms with Gasteiger partial charge in [-0.1, -0.05) is 11.6 Å². The number of hydrogen-bond donors (Lipinski definition) is 1. The zero-order valence-electron chi connectivity index (χ0n) is 11.9. The minimum atomic E-state index is -0.0642. The molecule has 4 nitrogen and oxygen atoms in total. The summed E-state index contributed by atoms with van der Waals surface area (Å²) in [5.41, 5.74) is 0.719. The van der Waals surface area contributed by atoms with Crippen LogP contribution >= 0.6 is 11.6 Å². The van der Waals surface area contributed by atoms with Crippen LogP contribution in [0.15, 0.2) is 12.1 Å². The fraction of sp³-hybridized carbons (Fsp3) is 0.600. The van der Waals surface area contributed by atoms with Crippen LogP contribution in [0.1, 0.15) is 24.8 Å². The summed E-state index contributed by atoms with van der Waals surface area (Å²) in [4.78, 5) is 2.46. The lowest BCUT2D eigenvalue weighted by atomic mass is 10.2. The molecule has 1 aromatic rings. The third-order valence-corrected chi connectivity index (χ3v) is 3.82. The van der Waals surface area contributed by atoms with Gasteiger partial charge in [0, 0.05) is 6.54 Å². The Balaban J connectivity index is 1.87. The highest BCUT2D eigenvalue weighted by Crippen LogP contribution is 2.36. The molecule has 112 valence electrons. The first-order chi connectivity index (χ1) is 9.74. The summed E-state index contributed by atoms with van der Waals surface area (Å²) in [7, 11) is 1.57. The van der Waals surface area contributed by atoms with Crippen LogP contribution in [0.2, 0.25) is 5.02 Å². The topological polar surface area (TPSA) is 41.9 Å². The van der Waals surface area contributed by atoms with Crippen LogP contribution in [0.4, 0.5) is 0 Å². The molecular formula is C15H22ClNO3. The second kappa shape index (κ2) is 7.72. The number of benzene rings is 1. The predicted molar refractivity (Wildman–Crippen MR) is 79.7 cm³/mol. The Morgan fingerprint density at radius 3 is 2.70 bits per heavy atom. The maximum Gasteiger partial charge on any atom is 0.179 e. The zero-order valence-corrected chi connectivity index (χ0v) is 12.7. The number of rotatable bonds is 7. The van der Waals surface area contributed by atoms with Gasteiger partial charge in [0.15, 0.2) is 11.5 Å². The van der Waals surface area contributed by atoms with Crippen LogP contribution in [-0.4, -0.2) is 43.4 Å². The third kappa shape index (κ3) is 4.01. The number of likely N-dealkylation sites (tertiary alicyclic amines) is 1. The van der Waals surface area contributed by atoms with E-state index in [1.165, 1.54) is 25.9 Å². The van der Waals surface area contributed by atoms with Gasteiger partial charge in [0.25, 0.3) is 0 Å². The number of methoxy groups -OCH3 is 1. The van der Waals surface area contributed by atoms with Crippen molar-refractivity contribution >= 4 is 11.6 Å². The predicted octanol–water partition coefficient (Wildman–Crippen LogP) is 2.71. The molecule has 0 bridgehead atoms. The van der Waals surface area contributed by atoms with Gasteiger partial charge in [-0.3, -0.25) is 0 Å². The van der Waals surface area contributed by atoms with E-state index in [9.17, 15) is 0 Å². The van der Waals surface area contributed by atoms with Crippen LogP contribution in [0.5, 0.6) is 11.5 Å². The fourth-order valence-corrected chi connectivity index (χ4v) is 2.76. The first-order valence-corrected chi connectivity index (χ1v) is 7.45. The molecule has 2 rings (SSSR count). The summed E-state index contributed by atoms with van der Waals surface area (Å²) in [6, 6.07) is 3.46. The Hall–Kier alpha value is -0.970. The molecule has 0 aromatic heterocycles. The highest BCUT2D eigenvalue weighted by Gasteiger charge is 2.13. The van der Waals surface area contributed by atoms with Crippen molar-refractivity contribution in [3.63, 3.8) is 0 Å². The molecule has 1 saturated heterocycles. The molecule has 1 heterocycles. The quantitative estimate of drug-likeness (QED) is 0.786. The Labute approximate surface area is 125 Å². The molecule has 1 aliphatic heterocycles. The normalized spacial score (nSPS) is 15.6. The Morgan fingerprint density at radius 2 is 2.05 bits per heavy atom. The summed E-state index contributed by atoms with van der Waals surface area (Å²) in [5, 5.41) is 9.63. The van der Waals surface area contributed by atoms with Crippen molar-refractivity contribution in [2.45, 2.75) is 25.9 Å². The molecule has 0 aliphatic carbocycles. The van der Waals surface area contributed by atoms with Gasteiger partial charge in [0.2, 0.25) is 0 Å². The second-order valence-electron chi connectivity index (χ2n) is 5.02. The standard InChI is InChI=1S/C15H22ClNO3/c1-19-14-10-12(11-18)9-13(16)15(14)20-8-4-7-17-5-2-3-6-17/h9-10,18H,2-8,11H2,1H3. The molecule has 1 aromatic carbocycles. The van der Waals surface area contributed by atoms with Crippen molar-refractivity contribution in [3.8, 4) is 11.5 Å². The Bertz CT molecular complexity index is 433. The summed E-state index contributed by atoms with van der Waals surface area (Å²) in [5.74, 6) is 1.13. The van der Waals surface area contributed by atoms with E-state index in [0.29, 0.717) is 23.1 Å². The van der Waals surface area contributed by atoms with Crippen LogP contribution in [0.3, 0.4) is 0 Å². The summed E-state index contributed by atoms with van der Waals surface area (Å²) in [6.07, 6.45) is 3.59. The third-order valence-electron chi connectivity index (χ3n) is 3.54. The number of aliphatic hydroxyl groups excluding tert-OH is 1. The molecular weight excluding hydrogens is 278 g/mol. The van der Waals surface area contributed by atoms with Gasteiger partial charge in [-0.2, -0.15) is 0 Å². The van der Waals surface area contributed by atoms with Gasteiger partial charge in [-0.15, -0.1) is 0 Å². The van der Waals surface area contributed by atoms with E-state index in [-0.39, 0.29) is 6.61 Å². The number of halogens is 1. The number of ether oxygens (including phenoxy) is 2. The first-order valence-electron chi connectivity index (χ1n) is 7.07. The van der Waals surface area contributed by atoms with E-state index in [4.69, 9.17) is 26.2 Å². The van der Waals surface area contributed by atoms with E-state index in [1.54, 1.807) is 19.2 Å². The van der Waals surface area contributed by atoms with E-state index >= 15 is 0 Å². The summed E-state index contributed by atoms with van der Waals surface area (Å²) < 4.78 is 11.0. The molecule has 1 fully saturated rings. The molecule has 5 heteroatoms. The number of nitrogens with zero attached hydrogens (tertiary/aromatic N) is 1. The van der Waals surface area contributed by atoms with E-state index in [0.717, 1.165) is 18.5 Å². The van der Waals surface area contributed by atoms with E-state index in [2.05, 4.69) is 4.90 Å². The van der Waals surface area contributed by atoms with Crippen molar-refractivity contribution in [2.75, 3.05) is 33.4 Å². The summed E-state index contributed by atoms with van der Waals surface area (Å²) >= 11 is 6.17. The highest BCUT2D eigenvalue weighted by molar-refractivity contribution is 6.32. The Kier molecular flexibility index (Phi) is 5.95. The van der Waals surface area contributed by atoms with Gasteiger partial charge in [0.1, 0.15) is 0 Å². The lowest BCUT2D eigenvalue weighted by Gasteiger charge is -2.16. The molecule has 0 radical (unpaired) electrons. The highest BCUT2D eigenvalue weighted by atomic mass is 35.5. The van der Waals surface area contributed by atoms with Crippen molar-refractivity contribution in [1.82, 2.24) is 4.90 Å². The van der Waals surface area contributed by atoms with Gasteiger partial charge in [-0.25, -0.2) is 0 Å². The first kappa shape index (κ1) is 15.4. The minimum absolute atomic E-state index is 0.0642. The summed E-state index contributed by atoms with van der Waals surface area (Å²) in [6.45, 7) is 4.02. The lowest BCUT2D eigenvalue weighted by Crippen LogP contribution is -2.22. The van der Waals surface area contributed by atoms with Crippen molar-refractivity contribution in [3.05, 3.63) is 22.7 Å². The van der Waals surface area contributed by atoms with Gasteiger partial charge < -0.3 is 19.5 Å². The van der Waals surface area contributed by atoms with Gasteiger partial charge >= 0.3 is 0 Å². The van der Waals surface area contributed by atoms with E-state index in [1.807, 2.05) is 0 Å². The molecule has 0 saturated carbocycles. The van der Waals surface area contributed by atoms with Crippen LogP contribution in [0.25, 0.3) is 0 Å². The largest absolute Gasteiger partial charge is 0.493 e. The molecule has 0 atom stereocenters. The number of aliphatic hydroxyl groups is 1. The van der Waals surface area contributed by atoms with Crippen LogP contribution < -0.4 is 9.47 Å². The monoisotopic (exact) mass is 299 g/mol. The molecule has 1 aliphatic rings. The van der Waals surface area contributed by atoms with Crippen LogP contribution in [0, 0.1) is 0 Å². The molecule has 1 N–H and O–H groups in total.